The Bertz CT molecular complexity index is 137. The van der Waals surface area contributed by atoms with Crippen LogP contribution in [0.2, 0.25) is 0 Å². The van der Waals surface area contributed by atoms with Gasteiger partial charge in [-0.1, -0.05) is 12.2 Å². The summed E-state index contributed by atoms with van der Waals surface area (Å²) >= 11 is 5.72. The van der Waals surface area contributed by atoms with Crippen molar-refractivity contribution >= 4 is 11.6 Å². The van der Waals surface area contributed by atoms with E-state index in [0.29, 0.717) is 0 Å². The molecule has 8 heavy (non-hydrogen) atoms. The molecule has 1 aliphatic rings. The van der Waals surface area contributed by atoms with Gasteiger partial charge in [0.15, 0.2) is 0 Å². The fraction of sp³-hybridized carbons (Fsp3) is 0.333. The highest BCUT2D eigenvalue weighted by Gasteiger charge is 2.06. The second kappa shape index (κ2) is 2.23. The van der Waals surface area contributed by atoms with Crippen LogP contribution < -0.4 is 5.73 Å². The van der Waals surface area contributed by atoms with Gasteiger partial charge in [0, 0.05) is 5.70 Å². The molecule has 1 unspecified atom stereocenters. The van der Waals surface area contributed by atoms with Crippen LogP contribution in [0.25, 0.3) is 0 Å². The van der Waals surface area contributed by atoms with E-state index in [0.717, 1.165) is 12.1 Å². The molecule has 1 rings (SSSR count). The first-order valence-corrected chi connectivity index (χ1v) is 3.00. The van der Waals surface area contributed by atoms with Crippen LogP contribution in [0.3, 0.4) is 0 Å². The maximum absolute atomic E-state index is 5.72. The van der Waals surface area contributed by atoms with E-state index in [1.54, 1.807) is 0 Å². The summed E-state index contributed by atoms with van der Waals surface area (Å²) in [5.74, 6) is 0. The first kappa shape index (κ1) is 5.70. The molecule has 0 saturated heterocycles. The Morgan fingerprint density at radius 2 is 2.50 bits per heavy atom. The lowest BCUT2D eigenvalue weighted by molar-refractivity contribution is 0.953. The maximum atomic E-state index is 5.72. The highest BCUT2D eigenvalue weighted by molar-refractivity contribution is 6.22. The summed E-state index contributed by atoms with van der Waals surface area (Å²) in [5, 5.41) is 0.0278. The SMILES string of the molecule is NC1=CC=CCC1Cl. The van der Waals surface area contributed by atoms with Gasteiger partial charge in [-0.05, 0) is 12.5 Å². The zero-order valence-corrected chi connectivity index (χ0v) is 5.23. The van der Waals surface area contributed by atoms with Crippen molar-refractivity contribution in [3.63, 3.8) is 0 Å². The quantitative estimate of drug-likeness (QED) is 0.492. The van der Waals surface area contributed by atoms with Crippen LogP contribution in [0, 0.1) is 0 Å². The van der Waals surface area contributed by atoms with Crippen LogP contribution in [-0.2, 0) is 0 Å². The van der Waals surface area contributed by atoms with Crippen LogP contribution in [0.4, 0.5) is 0 Å². The second-order valence-corrected chi connectivity index (χ2v) is 2.32. The van der Waals surface area contributed by atoms with Gasteiger partial charge in [-0.15, -0.1) is 11.6 Å². The number of rotatable bonds is 0. The maximum Gasteiger partial charge on any atom is 0.0764 e. The van der Waals surface area contributed by atoms with Gasteiger partial charge in [0.05, 0.1) is 5.38 Å². The Balaban J connectivity index is 2.66. The van der Waals surface area contributed by atoms with Crippen LogP contribution in [0.1, 0.15) is 6.42 Å². The van der Waals surface area contributed by atoms with Crippen LogP contribution in [-0.4, -0.2) is 5.38 Å². The Labute approximate surface area is 53.8 Å². The number of allylic oxidation sites excluding steroid dienone is 4. The van der Waals surface area contributed by atoms with Crippen molar-refractivity contribution < 1.29 is 0 Å². The highest BCUT2D eigenvalue weighted by Crippen LogP contribution is 2.13. The number of alkyl halides is 1. The molecule has 0 radical (unpaired) electrons. The van der Waals surface area contributed by atoms with Gasteiger partial charge in [0.25, 0.3) is 0 Å². The van der Waals surface area contributed by atoms with E-state index in [1.165, 1.54) is 0 Å². The summed E-state index contributed by atoms with van der Waals surface area (Å²) in [6.45, 7) is 0. The fourth-order valence-electron chi connectivity index (χ4n) is 0.618. The van der Waals surface area contributed by atoms with Crippen LogP contribution in [0.5, 0.6) is 0 Å². The lowest BCUT2D eigenvalue weighted by atomic mass is 10.1. The van der Waals surface area contributed by atoms with E-state index in [2.05, 4.69) is 0 Å². The Kier molecular flexibility index (Phi) is 1.59. The van der Waals surface area contributed by atoms with Crippen molar-refractivity contribution in [3.8, 4) is 0 Å². The molecule has 0 fully saturated rings. The predicted molar refractivity (Wildman–Crippen MR) is 35.7 cm³/mol. The molecule has 0 aromatic carbocycles. The minimum Gasteiger partial charge on any atom is -0.401 e. The molecule has 2 heteroatoms. The smallest absolute Gasteiger partial charge is 0.0764 e. The van der Waals surface area contributed by atoms with Gasteiger partial charge >= 0.3 is 0 Å². The van der Waals surface area contributed by atoms with Gasteiger partial charge in [-0.3, -0.25) is 0 Å². The van der Waals surface area contributed by atoms with Gasteiger partial charge in [0.1, 0.15) is 0 Å². The molecule has 0 saturated carbocycles. The molecule has 1 nitrogen and oxygen atoms in total. The lowest BCUT2D eigenvalue weighted by Crippen LogP contribution is -2.12. The molecule has 0 spiro atoms. The van der Waals surface area contributed by atoms with Crippen molar-refractivity contribution in [1.82, 2.24) is 0 Å². The van der Waals surface area contributed by atoms with E-state index in [9.17, 15) is 0 Å². The van der Waals surface area contributed by atoms with Crippen molar-refractivity contribution in [2.45, 2.75) is 11.8 Å². The standard InChI is InChI=1S/C6H8ClN/c7-5-3-1-2-4-6(5)8/h1-2,4-5H,3,8H2. The largest absolute Gasteiger partial charge is 0.401 e. The van der Waals surface area contributed by atoms with Crippen molar-refractivity contribution in [1.29, 1.82) is 0 Å². The summed E-state index contributed by atoms with van der Waals surface area (Å²) in [7, 11) is 0. The molecule has 0 aromatic heterocycles. The number of hydrogen-bond acceptors (Lipinski definition) is 1. The third kappa shape index (κ3) is 1.04. The summed E-state index contributed by atoms with van der Waals surface area (Å²) in [6, 6.07) is 0. The monoisotopic (exact) mass is 129 g/mol. The first-order valence-electron chi connectivity index (χ1n) is 2.57. The van der Waals surface area contributed by atoms with Gasteiger partial charge in [0.2, 0.25) is 0 Å². The van der Waals surface area contributed by atoms with E-state index in [-0.39, 0.29) is 5.38 Å². The van der Waals surface area contributed by atoms with Gasteiger partial charge < -0.3 is 5.73 Å². The number of halogens is 1. The molecule has 1 aliphatic carbocycles. The molecule has 0 heterocycles. The molecule has 0 amide bonds. The molecule has 0 bridgehead atoms. The van der Waals surface area contributed by atoms with E-state index in [1.807, 2.05) is 18.2 Å². The minimum absolute atomic E-state index is 0.0278. The fourth-order valence-corrected chi connectivity index (χ4v) is 0.793. The topological polar surface area (TPSA) is 26.0 Å². The van der Waals surface area contributed by atoms with Crippen molar-refractivity contribution in [3.05, 3.63) is 23.9 Å². The Morgan fingerprint density at radius 1 is 1.75 bits per heavy atom. The Hall–Kier alpha value is -0.430. The van der Waals surface area contributed by atoms with E-state index >= 15 is 0 Å². The van der Waals surface area contributed by atoms with E-state index in [4.69, 9.17) is 17.3 Å². The second-order valence-electron chi connectivity index (χ2n) is 1.80. The van der Waals surface area contributed by atoms with Crippen LogP contribution >= 0.6 is 11.6 Å². The average Bonchev–Trinajstić information content (AvgIpc) is 1.77. The minimum atomic E-state index is 0.0278. The lowest BCUT2D eigenvalue weighted by Gasteiger charge is -2.08. The average molecular weight is 130 g/mol. The van der Waals surface area contributed by atoms with Gasteiger partial charge in [-0.2, -0.15) is 0 Å². The molecule has 2 N–H and O–H groups in total. The molecular formula is C6H8ClN. The zero-order chi connectivity index (χ0) is 5.98. The highest BCUT2D eigenvalue weighted by atomic mass is 35.5. The zero-order valence-electron chi connectivity index (χ0n) is 4.47. The Morgan fingerprint density at radius 3 is 2.88 bits per heavy atom. The summed E-state index contributed by atoms with van der Waals surface area (Å²) in [5.41, 5.74) is 6.23. The predicted octanol–water partition coefficient (Wildman–Crippen LogP) is 1.40. The molecule has 0 aliphatic heterocycles. The summed E-state index contributed by atoms with van der Waals surface area (Å²) < 4.78 is 0. The third-order valence-corrected chi connectivity index (χ3v) is 1.56. The summed E-state index contributed by atoms with van der Waals surface area (Å²) in [6.07, 6.45) is 6.63. The molecule has 44 valence electrons. The number of hydrogen-bond donors (Lipinski definition) is 1. The summed E-state index contributed by atoms with van der Waals surface area (Å²) in [4.78, 5) is 0. The molecule has 0 aromatic rings. The first-order chi connectivity index (χ1) is 3.80. The van der Waals surface area contributed by atoms with Crippen molar-refractivity contribution in [2.24, 2.45) is 5.73 Å². The van der Waals surface area contributed by atoms with Crippen molar-refractivity contribution in [2.75, 3.05) is 0 Å². The molecular weight excluding hydrogens is 122 g/mol. The third-order valence-electron chi connectivity index (χ3n) is 1.13. The number of nitrogens with two attached hydrogens (primary N) is 1. The normalized spacial score (nSPS) is 27.6. The van der Waals surface area contributed by atoms with Crippen LogP contribution in [0.15, 0.2) is 23.9 Å². The van der Waals surface area contributed by atoms with Gasteiger partial charge in [-0.25, -0.2) is 0 Å². The molecule has 1 atom stereocenters. The van der Waals surface area contributed by atoms with E-state index < -0.39 is 0 Å².